The number of hydrogen-bond donors (Lipinski definition) is 4. The standard InChI is InChI=1S/C20H23N5O4/c26-17(8-16-19(28)24-20(29)23-16)25-9-11-5-12(25)7-14(11)22-18(27)15-6-10-3-1-2-4-13(10)21-15/h1-4,11-12,14-16,21H,5-9H2,(H,22,27)(H2,23,24,28,29)/t11-,12+,14?,15-,16?/m1/s1. The molecule has 5 amide bonds. The van der Waals surface area contributed by atoms with E-state index in [-0.39, 0.29) is 42.3 Å². The van der Waals surface area contributed by atoms with Crippen molar-refractivity contribution < 1.29 is 19.2 Å². The van der Waals surface area contributed by atoms with E-state index in [2.05, 4.69) is 21.3 Å². The molecule has 5 rings (SSSR count). The number of benzene rings is 1. The van der Waals surface area contributed by atoms with Gasteiger partial charge in [-0.25, -0.2) is 4.79 Å². The predicted octanol–water partition coefficient (Wildman–Crippen LogP) is -0.273. The Hall–Kier alpha value is -3.10. The Kier molecular flexibility index (Phi) is 4.18. The molecular weight excluding hydrogens is 374 g/mol. The van der Waals surface area contributed by atoms with Crippen molar-refractivity contribution >= 4 is 29.4 Å². The summed E-state index contributed by atoms with van der Waals surface area (Å²) in [6, 6.07) is 6.48. The van der Waals surface area contributed by atoms with Gasteiger partial charge in [-0.1, -0.05) is 18.2 Å². The third kappa shape index (κ3) is 3.20. The Morgan fingerprint density at radius 1 is 1.14 bits per heavy atom. The van der Waals surface area contributed by atoms with E-state index in [9.17, 15) is 19.2 Å². The van der Waals surface area contributed by atoms with E-state index in [0.29, 0.717) is 13.0 Å². The van der Waals surface area contributed by atoms with Crippen LogP contribution in [0.5, 0.6) is 0 Å². The van der Waals surface area contributed by atoms with Gasteiger partial charge in [-0.15, -0.1) is 0 Å². The molecule has 3 aliphatic heterocycles. The van der Waals surface area contributed by atoms with E-state index < -0.39 is 18.0 Å². The molecule has 1 saturated carbocycles. The van der Waals surface area contributed by atoms with Gasteiger partial charge in [0.1, 0.15) is 12.1 Å². The number of anilines is 1. The Bertz CT molecular complexity index is 878. The average molecular weight is 397 g/mol. The molecule has 5 atom stereocenters. The molecule has 0 radical (unpaired) electrons. The maximum Gasteiger partial charge on any atom is 0.322 e. The van der Waals surface area contributed by atoms with Crippen LogP contribution in [-0.2, 0) is 20.8 Å². The summed E-state index contributed by atoms with van der Waals surface area (Å²) in [5, 5.41) is 11.1. The van der Waals surface area contributed by atoms with E-state index in [1.54, 1.807) is 4.90 Å². The lowest BCUT2D eigenvalue weighted by molar-refractivity contribution is -0.135. The quantitative estimate of drug-likeness (QED) is 0.522. The van der Waals surface area contributed by atoms with Crippen LogP contribution in [0.2, 0.25) is 0 Å². The largest absolute Gasteiger partial charge is 0.373 e. The van der Waals surface area contributed by atoms with Crippen LogP contribution in [0.4, 0.5) is 10.5 Å². The smallest absolute Gasteiger partial charge is 0.322 e. The molecule has 0 aromatic heterocycles. The molecule has 3 heterocycles. The maximum atomic E-state index is 12.7. The molecule has 2 saturated heterocycles. The Morgan fingerprint density at radius 3 is 2.66 bits per heavy atom. The lowest BCUT2D eigenvalue weighted by Gasteiger charge is -2.33. The third-order valence-electron chi connectivity index (χ3n) is 6.51. The second kappa shape index (κ2) is 6.75. The number of urea groups is 1. The Morgan fingerprint density at radius 2 is 1.97 bits per heavy atom. The molecule has 2 unspecified atom stereocenters. The molecule has 0 spiro atoms. The minimum absolute atomic E-state index is 0.00182. The Balaban J connectivity index is 1.14. The minimum atomic E-state index is -0.792. The van der Waals surface area contributed by atoms with Gasteiger partial charge >= 0.3 is 6.03 Å². The number of nitrogens with zero attached hydrogens (tertiary/aromatic N) is 1. The lowest BCUT2D eigenvalue weighted by Crippen LogP contribution is -2.51. The van der Waals surface area contributed by atoms with Gasteiger partial charge in [0.05, 0.1) is 6.42 Å². The first-order valence-electron chi connectivity index (χ1n) is 10.0. The van der Waals surface area contributed by atoms with Gasteiger partial charge in [0.25, 0.3) is 5.91 Å². The summed E-state index contributed by atoms with van der Waals surface area (Å²) in [4.78, 5) is 50.0. The van der Waals surface area contributed by atoms with Crippen molar-refractivity contribution in [1.29, 1.82) is 0 Å². The first-order valence-corrected chi connectivity index (χ1v) is 10.0. The molecule has 1 aliphatic carbocycles. The highest BCUT2D eigenvalue weighted by Crippen LogP contribution is 2.38. The van der Waals surface area contributed by atoms with Crippen molar-refractivity contribution in [2.75, 3.05) is 11.9 Å². The molecule has 9 heteroatoms. The summed E-state index contributed by atoms with van der Waals surface area (Å²) in [5.41, 5.74) is 2.17. The normalized spacial score (nSPS) is 31.9. The maximum absolute atomic E-state index is 12.7. The summed E-state index contributed by atoms with van der Waals surface area (Å²) in [5.74, 6) is -0.355. The number of nitrogens with one attached hydrogen (secondary N) is 4. The third-order valence-corrected chi connectivity index (χ3v) is 6.51. The zero-order valence-electron chi connectivity index (χ0n) is 15.8. The SMILES string of the molecule is O=C1NC(=O)C(CC(=O)N2C[C@H]3C[C@H]2CC3NC(=O)[C@H]2Cc3ccccc3N2)N1. The molecule has 3 fully saturated rings. The number of amides is 5. The topological polar surface area (TPSA) is 120 Å². The number of hydrogen-bond acceptors (Lipinski definition) is 5. The monoisotopic (exact) mass is 397 g/mol. The molecule has 4 N–H and O–H groups in total. The van der Waals surface area contributed by atoms with E-state index in [1.807, 2.05) is 24.3 Å². The van der Waals surface area contributed by atoms with E-state index >= 15 is 0 Å². The van der Waals surface area contributed by atoms with Crippen LogP contribution in [0.3, 0.4) is 0 Å². The fourth-order valence-corrected chi connectivity index (χ4v) is 5.07. The summed E-state index contributed by atoms with van der Waals surface area (Å²) in [7, 11) is 0. The van der Waals surface area contributed by atoms with Crippen molar-refractivity contribution in [2.45, 2.75) is 49.9 Å². The molecule has 152 valence electrons. The highest BCUT2D eigenvalue weighted by Gasteiger charge is 2.48. The summed E-state index contributed by atoms with van der Waals surface area (Å²) >= 11 is 0. The van der Waals surface area contributed by atoms with Crippen molar-refractivity contribution in [2.24, 2.45) is 5.92 Å². The van der Waals surface area contributed by atoms with Gasteiger partial charge in [0, 0.05) is 30.7 Å². The van der Waals surface area contributed by atoms with Crippen LogP contribution in [0.15, 0.2) is 24.3 Å². The predicted molar refractivity (Wildman–Crippen MR) is 103 cm³/mol. The molecule has 9 nitrogen and oxygen atoms in total. The van der Waals surface area contributed by atoms with Gasteiger partial charge in [-0.2, -0.15) is 0 Å². The van der Waals surface area contributed by atoms with Crippen molar-refractivity contribution in [1.82, 2.24) is 20.9 Å². The van der Waals surface area contributed by atoms with E-state index in [0.717, 1.165) is 24.1 Å². The van der Waals surface area contributed by atoms with Crippen LogP contribution < -0.4 is 21.3 Å². The number of likely N-dealkylation sites (tertiary alicyclic amines) is 1. The first kappa shape index (κ1) is 18.0. The molecule has 2 bridgehead atoms. The van der Waals surface area contributed by atoms with Crippen LogP contribution >= 0.6 is 0 Å². The number of carbonyl (C=O) groups is 4. The number of imide groups is 1. The van der Waals surface area contributed by atoms with Gasteiger partial charge in [-0.05, 0) is 30.4 Å². The minimum Gasteiger partial charge on any atom is -0.373 e. The Labute approximate surface area is 167 Å². The van der Waals surface area contributed by atoms with Crippen LogP contribution in [0.1, 0.15) is 24.8 Å². The average Bonchev–Trinajstić information content (AvgIpc) is 3.44. The van der Waals surface area contributed by atoms with Gasteiger partial charge < -0.3 is 20.9 Å². The highest BCUT2D eigenvalue weighted by atomic mass is 16.2. The summed E-state index contributed by atoms with van der Waals surface area (Å²) < 4.78 is 0. The number of fused-ring (bicyclic) bond motifs is 3. The number of para-hydroxylation sites is 1. The number of rotatable bonds is 4. The highest BCUT2D eigenvalue weighted by molar-refractivity contribution is 6.05. The summed E-state index contributed by atoms with van der Waals surface area (Å²) in [6.45, 7) is 0.578. The molecule has 1 aromatic carbocycles. The van der Waals surface area contributed by atoms with Crippen molar-refractivity contribution in [3.05, 3.63) is 29.8 Å². The van der Waals surface area contributed by atoms with Crippen molar-refractivity contribution in [3.63, 3.8) is 0 Å². The number of carbonyl (C=O) groups excluding carboxylic acids is 4. The molecule has 29 heavy (non-hydrogen) atoms. The van der Waals surface area contributed by atoms with Crippen LogP contribution in [-0.4, -0.2) is 59.4 Å². The first-order chi connectivity index (χ1) is 14.0. The fourth-order valence-electron chi connectivity index (χ4n) is 5.07. The fraction of sp³-hybridized carbons (Fsp3) is 0.500. The number of piperidine rings is 1. The zero-order chi connectivity index (χ0) is 20.1. The van der Waals surface area contributed by atoms with E-state index in [4.69, 9.17) is 0 Å². The van der Waals surface area contributed by atoms with Crippen molar-refractivity contribution in [3.8, 4) is 0 Å². The van der Waals surface area contributed by atoms with E-state index in [1.165, 1.54) is 0 Å². The van der Waals surface area contributed by atoms with Gasteiger partial charge in [0.15, 0.2) is 0 Å². The van der Waals surface area contributed by atoms with Gasteiger partial charge in [0.2, 0.25) is 11.8 Å². The lowest BCUT2D eigenvalue weighted by atomic mass is 10.0. The second-order valence-electron chi connectivity index (χ2n) is 8.32. The molecule has 4 aliphatic rings. The van der Waals surface area contributed by atoms with Crippen LogP contribution in [0.25, 0.3) is 0 Å². The van der Waals surface area contributed by atoms with Gasteiger partial charge in [-0.3, -0.25) is 19.7 Å². The summed E-state index contributed by atoms with van der Waals surface area (Å²) in [6.07, 6.45) is 2.24. The molecular formula is C20H23N5O4. The molecule has 1 aromatic rings. The van der Waals surface area contributed by atoms with Crippen LogP contribution in [0, 0.1) is 5.92 Å². The zero-order valence-corrected chi connectivity index (χ0v) is 15.8. The second-order valence-corrected chi connectivity index (χ2v) is 8.32.